The highest BCUT2D eigenvalue weighted by Gasteiger charge is 2.33. The molecule has 0 saturated heterocycles. The number of carbonyl (C=O) groups is 1. The zero-order valence-corrected chi connectivity index (χ0v) is 21.9. The third-order valence-corrected chi connectivity index (χ3v) is 8.08. The summed E-state index contributed by atoms with van der Waals surface area (Å²) in [4.78, 5) is 34.4. The molecule has 0 bridgehead atoms. The summed E-state index contributed by atoms with van der Waals surface area (Å²) in [5.41, 5.74) is 2.31. The predicted molar refractivity (Wildman–Crippen MR) is 147 cm³/mol. The first-order chi connectivity index (χ1) is 18.5. The molecule has 6 rings (SSSR count). The highest BCUT2D eigenvalue weighted by molar-refractivity contribution is 7.99. The van der Waals surface area contributed by atoms with Crippen molar-refractivity contribution in [2.24, 2.45) is 5.10 Å². The Bertz CT molecular complexity index is 1720. The third kappa shape index (κ3) is 4.75. The van der Waals surface area contributed by atoms with Gasteiger partial charge in [0.05, 0.1) is 34.3 Å². The van der Waals surface area contributed by atoms with Gasteiger partial charge in [0, 0.05) is 11.4 Å². The number of thioether (sulfide) groups is 1. The van der Waals surface area contributed by atoms with E-state index in [1.807, 2.05) is 17.5 Å². The summed E-state index contributed by atoms with van der Waals surface area (Å²) in [7, 11) is 0. The lowest BCUT2D eigenvalue weighted by atomic mass is 10.0. The molecule has 0 saturated carbocycles. The average Bonchev–Trinajstić information content (AvgIpc) is 3.68. The predicted octanol–water partition coefficient (Wildman–Crippen LogP) is 5.43. The smallest absolute Gasteiger partial charge is 0.262 e. The summed E-state index contributed by atoms with van der Waals surface area (Å²) >= 11 is 8.65. The van der Waals surface area contributed by atoms with E-state index in [1.54, 1.807) is 52.4 Å². The minimum Gasteiger partial charge on any atom is -0.301 e. The number of aromatic nitrogens is 4. The molecule has 1 N–H and O–H groups in total. The van der Waals surface area contributed by atoms with Crippen LogP contribution >= 0.6 is 34.7 Å². The van der Waals surface area contributed by atoms with E-state index in [0.29, 0.717) is 28.2 Å². The topological polar surface area (TPSA) is 96.2 Å². The van der Waals surface area contributed by atoms with Gasteiger partial charge in [0.25, 0.3) is 11.5 Å². The van der Waals surface area contributed by atoms with Gasteiger partial charge in [-0.2, -0.15) is 10.2 Å². The summed E-state index contributed by atoms with van der Waals surface area (Å²) in [5.74, 6) is -0.615. The van der Waals surface area contributed by atoms with E-state index in [-0.39, 0.29) is 34.2 Å². The van der Waals surface area contributed by atoms with Crippen molar-refractivity contribution in [3.63, 3.8) is 0 Å². The number of thiophene rings is 1. The number of hydrogen-bond donors (Lipinski definition) is 1. The van der Waals surface area contributed by atoms with Crippen molar-refractivity contribution in [2.45, 2.75) is 17.6 Å². The van der Waals surface area contributed by atoms with Gasteiger partial charge in [0.2, 0.25) is 0 Å². The van der Waals surface area contributed by atoms with Gasteiger partial charge >= 0.3 is 0 Å². The molecule has 2 aromatic carbocycles. The van der Waals surface area contributed by atoms with E-state index in [0.717, 1.165) is 27.9 Å². The number of carbonyl (C=O) groups excluding carboxylic acids is 1. The molecular formula is C26H18ClFN6O2S2. The quantitative estimate of drug-likeness (QED) is 0.219. The fourth-order valence-corrected chi connectivity index (χ4v) is 5.77. The first-order valence-corrected chi connectivity index (χ1v) is 13.8. The van der Waals surface area contributed by atoms with Crippen LogP contribution in [-0.4, -0.2) is 42.1 Å². The molecule has 38 heavy (non-hydrogen) atoms. The lowest BCUT2D eigenvalue weighted by Gasteiger charge is -2.21. The average molecular weight is 565 g/mol. The molecule has 0 radical (unpaired) electrons. The number of H-pyrrole nitrogens is 1. The minimum atomic E-state index is -0.360. The summed E-state index contributed by atoms with van der Waals surface area (Å²) in [6, 6.07) is 16.6. The number of fused-ring (bicyclic) bond motifs is 1. The molecular weight excluding hydrogens is 547 g/mol. The molecule has 0 fully saturated rings. The molecule has 5 aromatic rings. The van der Waals surface area contributed by atoms with Crippen LogP contribution in [0, 0.1) is 5.82 Å². The van der Waals surface area contributed by atoms with Crippen LogP contribution in [0.4, 0.5) is 4.39 Å². The van der Waals surface area contributed by atoms with Crippen LogP contribution in [0.1, 0.15) is 22.9 Å². The Morgan fingerprint density at radius 2 is 1.95 bits per heavy atom. The second-order valence-corrected chi connectivity index (χ2v) is 10.8. The molecule has 0 aliphatic carbocycles. The fraction of sp³-hybridized carbons (Fsp3) is 0.115. The zero-order chi connectivity index (χ0) is 26.2. The number of amides is 1. The maximum atomic E-state index is 13.6. The van der Waals surface area contributed by atoms with Crippen molar-refractivity contribution in [3.05, 3.63) is 104 Å². The van der Waals surface area contributed by atoms with E-state index >= 15 is 0 Å². The summed E-state index contributed by atoms with van der Waals surface area (Å²) < 4.78 is 15.1. The Kier molecular flexibility index (Phi) is 6.56. The molecule has 1 amide bonds. The van der Waals surface area contributed by atoms with Gasteiger partial charge in [0.15, 0.2) is 10.8 Å². The molecule has 1 aliphatic rings. The summed E-state index contributed by atoms with van der Waals surface area (Å²) in [5, 5.41) is 13.5. The van der Waals surface area contributed by atoms with Crippen molar-refractivity contribution < 1.29 is 9.18 Å². The zero-order valence-electron chi connectivity index (χ0n) is 19.5. The Labute approximate surface area is 228 Å². The Balaban J connectivity index is 1.26. The van der Waals surface area contributed by atoms with E-state index in [2.05, 4.69) is 20.2 Å². The van der Waals surface area contributed by atoms with E-state index < -0.39 is 0 Å². The van der Waals surface area contributed by atoms with Crippen molar-refractivity contribution in [1.29, 1.82) is 0 Å². The van der Waals surface area contributed by atoms with Gasteiger partial charge < -0.3 is 4.98 Å². The normalized spacial score (nSPS) is 15.3. The minimum absolute atomic E-state index is 0.0115. The molecule has 12 heteroatoms. The van der Waals surface area contributed by atoms with E-state index in [4.69, 9.17) is 11.6 Å². The number of nitrogens with zero attached hydrogens (tertiary/aromatic N) is 5. The van der Waals surface area contributed by atoms with Gasteiger partial charge in [-0.15, -0.1) is 11.3 Å². The van der Waals surface area contributed by atoms with Crippen LogP contribution in [0.25, 0.3) is 16.7 Å². The van der Waals surface area contributed by atoms with Crippen LogP contribution in [0.2, 0.25) is 5.02 Å². The van der Waals surface area contributed by atoms with Crippen LogP contribution in [-0.2, 0) is 4.79 Å². The molecule has 190 valence electrons. The maximum Gasteiger partial charge on any atom is 0.262 e. The highest BCUT2D eigenvalue weighted by atomic mass is 35.5. The first kappa shape index (κ1) is 24.5. The third-order valence-electron chi connectivity index (χ3n) is 6.05. The van der Waals surface area contributed by atoms with Gasteiger partial charge in [0.1, 0.15) is 11.2 Å². The monoisotopic (exact) mass is 564 g/mol. The Morgan fingerprint density at radius 3 is 2.68 bits per heavy atom. The molecule has 1 aliphatic heterocycles. The first-order valence-electron chi connectivity index (χ1n) is 11.5. The number of halogens is 2. The number of rotatable bonds is 6. The van der Waals surface area contributed by atoms with Crippen LogP contribution in [0.5, 0.6) is 0 Å². The number of hydrazone groups is 1. The molecule has 8 nitrogen and oxygen atoms in total. The van der Waals surface area contributed by atoms with Crippen LogP contribution < -0.4 is 5.56 Å². The van der Waals surface area contributed by atoms with Crippen molar-refractivity contribution >= 4 is 57.4 Å². The molecule has 0 unspecified atom stereocenters. The van der Waals surface area contributed by atoms with Crippen molar-refractivity contribution in [1.82, 2.24) is 24.8 Å². The van der Waals surface area contributed by atoms with Gasteiger partial charge in [-0.3, -0.25) is 9.59 Å². The van der Waals surface area contributed by atoms with E-state index in [9.17, 15) is 14.0 Å². The Hall–Kier alpha value is -3.80. The summed E-state index contributed by atoms with van der Waals surface area (Å²) in [6.45, 7) is 0. The second-order valence-electron chi connectivity index (χ2n) is 8.46. The maximum absolute atomic E-state index is 13.6. The highest BCUT2D eigenvalue weighted by Crippen LogP contribution is 2.34. The van der Waals surface area contributed by atoms with E-state index in [1.165, 1.54) is 23.3 Å². The molecule has 1 atom stereocenters. The molecule has 4 heterocycles. The fourth-order valence-electron chi connectivity index (χ4n) is 4.21. The lowest BCUT2D eigenvalue weighted by molar-refractivity contribution is -0.130. The Morgan fingerprint density at radius 1 is 1.16 bits per heavy atom. The largest absolute Gasteiger partial charge is 0.301 e. The second kappa shape index (κ2) is 10.2. The summed E-state index contributed by atoms with van der Waals surface area (Å²) in [6.07, 6.45) is 1.97. The van der Waals surface area contributed by atoms with Crippen molar-refractivity contribution in [3.8, 4) is 5.69 Å². The van der Waals surface area contributed by atoms with Crippen LogP contribution in [0.3, 0.4) is 0 Å². The van der Waals surface area contributed by atoms with Crippen molar-refractivity contribution in [2.75, 3.05) is 5.75 Å². The SMILES string of the molecule is O=C(CSc1nc2c(cnn2-c2ccc(Cl)cc2)c(=O)[nH]1)N1N=C(c2cccs2)C[C@H]1c1ccc(F)cc1. The number of benzene rings is 2. The lowest BCUT2D eigenvalue weighted by Crippen LogP contribution is -2.28. The number of aromatic amines is 1. The van der Waals surface area contributed by atoms with Gasteiger partial charge in [-0.1, -0.05) is 41.6 Å². The molecule has 0 spiro atoms. The molecule has 3 aromatic heterocycles. The number of hydrogen-bond acceptors (Lipinski definition) is 7. The van der Waals surface area contributed by atoms with Gasteiger partial charge in [-0.25, -0.2) is 19.1 Å². The standard InChI is InChI=1S/C26H18ClFN6O2S2/c27-16-5-9-18(10-6-16)33-24-19(13-29-33)25(36)31-26(30-24)38-14-23(35)34-21(15-3-7-17(28)8-4-15)12-20(32-34)22-2-1-11-37-22/h1-11,13,21H,12,14H2,(H,30,31,36)/t21-/m0/s1. The van der Waals surface area contributed by atoms with Gasteiger partial charge in [-0.05, 0) is 53.4 Å². The number of nitrogens with one attached hydrogen (secondary N) is 1. The van der Waals surface area contributed by atoms with Crippen LogP contribution in [0.15, 0.2) is 87.3 Å².